The molecule has 0 aliphatic carbocycles. The number of aromatic nitrogens is 4. The lowest BCUT2D eigenvalue weighted by molar-refractivity contribution is -0.116. The average molecular weight is 436 g/mol. The number of carbonyl (C=O) groups is 2. The molecule has 0 fully saturated rings. The van der Waals surface area contributed by atoms with Crippen LogP contribution in [0.5, 0.6) is 0 Å². The standard InChI is InChI=1S/C19H19Cl2N5O3/c1-11-18(23-17(27)6-8-25-16(19(28)29)5-7-22-25)12(2)26(24-11)10-13-3-4-14(20)9-15(13)21/h3-5,7,9H,6,8,10H2,1-2H3,(H,23,27)(H,28,29). The molecule has 0 unspecified atom stereocenters. The maximum atomic E-state index is 12.4. The first-order valence-corrected chi connectivity index (χ1v) is 9.54. The van der Waals surface area contributed by atoms with Gasteiger partial charge in [-0.25, -0.2) is 4.79 Å². The topological polar surface area (TPSA) is 102 Å². The van der Waals surface area contributed by atoms with Crippen molar-refractivity contribution in [3.05, 3.63) is 63.2 Å². The summed E-state index contributed by atoms with van der Waals surface area (Å²) in [6, 6.07) is 6.66. The number of aryl methyl sites for hydroxylation is 2. The fraction of sp³-hybridized carbons (Fsp3) is 0.263. The normalized spacial score (nSPS) is 10.9. The van der Waals surface area contributed by atoms with Gasteiger partial charge in [-0.2, -0.15) is 10.2 Å². The molecule has 2 aromatic heterocycles. The maximum absolute atomic E-state index is 12.4. The third kappa shape index (κ3) is 4.78. The molecule has 0 aliphatic rings. The van der Waals surface area contributed by atoms with Gasteiger partial charge in [0, 0.05) is 22.7 Å². The Morgan fingerprint density at radius 1 is 1.17 bits per heavy atom. The van der Waals surface area contributed by atoms with E-state index in [0.717, 1.165) is 11.3 Å². The van der Waals surface area contributed by atoms with Crippen LogP contribution >= 0.6 is 23.2 Å². The molecule has 3 rings (SSSR count). The SMILES string of the molecule is Cc1nn(Cc2ccc(Cl)cc2Cl)c(C)c1NC(=O)CCn1nccc1C(=O)O. The molecular weight excluding hydrogens is 417 g/mol. The molecule has 152 valence electrons. The van der Waals surface area contributed by atoms with Gasteiger partial charge in [-0.1, -0.05) is 29.3 Å². The first-order valence-electron chi connectivity index (χ1n) is 8.79. The number of halogens is 2. The Morgan fingerprint density at radius 2 is 1.93 bits per heavy atom. The highest BCUT2D eigenvalue weighted by Crippen LogP contribution is 2.25. The summed E-state index contributed by atoms with van der Waals surface area (Å²) < 4.78 is 3.05. The van der Waals surface area contributed by atoms with Gasteiger partial charge in [-0.3, -0.25) is 14.2 Å². The zero-order valence-corrected chi connectivity index (χ0v) is 17.3. The van der Waals surface area contributed by atoms with Gasteiger partial charge in [-0.05, 0) is 37.6 Å². The van der Waals surface area contributed by atoms with E-state index >= 15 is 0 Å². The Kier molecular flexibility index (Phi) is 6.24. The molecule has 1 amide bonds. The van der Waals surface area contributed by atoms with Crippen molar-refractivity contribution in [2.24, 2.45) is 0 Å². The summed E-state index contributed by atoms with van der Waals surface area (Å²) in [4.78, 5) is 23.5. The van der Waals surface area contributed by atoms with Gasteiger partial charge in [0.1, 0.15) is 5.69 Å². The van der Waals surface area contributed by atoms with Crippen LogP contribution in [0.15, 0.2) is 30.5 Å². The first kappa shape index (κ1) is 20.9. The molecule has 8 nitrogen and oxygen atoms in total. The number of benzene rings is 1. The average Bonchev–Trinajstić information content (AvgIpc) is 3.23. The molecule has 10 heteroatoms. The Hall–Kier alpha value is -2.84. The van der Waals surface area contributed by atoms with Crippen molar-refractivity contribution in [1.29, 1.82) is 0 Å². The van der Waals surface area contributed by atoms with Crippen molar-refractivity contribution < 1.29 is 14.7 Å². The van der Waals surface area contributed by atoms with Crippen LogP contribution in [-0.4, -0.2) is 36.5 Å². The van der Waals surface area contributed by atoms with Crippen LogP contribution in [0.1, 0.15) is 33.9 Å². The quantitative estimate of drug-likeness (QED) is 0.587. The van der Waals surface area contributed by atoms with Gasteiger partial charge < -0.3 is 10.4 Å². The molecule has 0 aliphatic heterocycles. The second-order valence-electron chi connectivity index (χ2n) is 6.48. The number of hydrogen-bond acceptors (Lipinski definition) is 4. The van der Waals surface area contributed by atoms with Crippen molar-refractivity contribution in [1.82, 2.24) is 19.6 Å². The molecule has 0 saturated carbocycles. The molecule has 29 heavy (non-hydrogen) atoms. The van der Waals surface area contributed by atoms with Crippen molar-refractivity contribution >= 4 is 40.8 Å². The fourth-order valence-corrected chi connectivity index (χ4v) is 3.41. The van der Waals surface area contributed by atoms with Gasteiger partial charge in [0.25, 0.3) is 0 Å². The lowest BCUT2D eigenvalue weighted by atomic mass is 10.2. The van der Waals surface area contributed by atoms with E-state index in [1.165, 1.54) is 16.9 Å². The zero-order valence-electron chi connectivity index (χ0n) is 15.8. The number of aromatic carboxylic acids is 1. The highest BCUT2D eigenvalue weighted by Gasteiger charge is 2.16. The Morgan fingerprint density at radius 3 is 2.62 bits per heavy atom. The van der Waals surface area contributed by atoms with Crippen LogP contribution in [0.4, 0.5) is 5.69 Å². The van der Waals surface area contributed by atoms with Gasteiger partial charge in [0.15, 0.2) is 0 Å². The van der Waals surface area contributed by atoms with E-state index in [1.807, 2.05) is 13.0 Å². The summed E-state index contributed by atoms with van der Waals surface area (Å²) in [5.41, 5.74) is 2.98. The van der Waals surface area contributed by atoms with Gasteiger partial charge in [0.05, 0.1) is 30.2 Å². The van der Waals surface area contributed by atoms with Crippen LogP contribution in [0, 0.1) is 13.8 Å². The smallest absolute Gasteiger partial charge is 0.354 e. The molecule has 2 N–H and O–H groups in total. The van der Waals surface area contributed by atoms with E-state index in [4.69, 9.17) is 28.3 Å². The number of nitrogens with one attached hydrogen (secondary N) is 1. The number of rotatable bonds is 7. The van der Waals surface area contributed by atoms with Gasteiger partial charge >= 0.3 is 5.97 Å². The van der Waals surface area contributed by atoms with Crippen molar-refractivity contribution in [3.8, 4) is 0 Å². The second kappa shape index (κ2) is 8.67. The van der Waals surface area contributed by atoms with Crippen molar-refractivity contribution in [3.63, 3.8) is 0 Å². The molecule has 3 aromatic rings. The van der Waals surface area contributed by atoms with E-state index in [-0.39, 0.29) is 24.6 Å². The highest BCUT2D eigenvalue weighted by molar-refractivity contribution is 6.35. The summed E-state index contributed by atoms with van der Waals surface area (Å²) in [6.45, 7) is 4.26. The monoisotopic (exact) mass is 435 g/mol. The minimum atomic E-state index is -1.09. The molecule has 0 radical (unpaired) electrons. The number of carboxylic acids is 1. The number of carbonyl (C=O) groups excluding carboxylic acids is 1. The fourth-order valence-electron chi connectivity index (χ4n) is 2.94. The molecule has 1 aromatic carbocycles. The van der Waals surface area contributed by atoms with E-state index < -0.39 is 5.97 Å². The molecular formula is C19H19Cl2N5O3. The third-order valence-electron chi connectivity index (χ3n) is 4.47. The molecule has 0 spiro atoms. The van der Waals surface area contributed by atoms with E-state index in [0.29, 0.717) is 28.0 Å². The van der Waals surface area contributed by atoms with Crippen molar-refractivity contribution in [2.45, 2.75) is 33.4 Å². The van der Waals surface area contributed by atoms with E-state index in [9.17, 15) is 9.59 Å². The largest absolute Gasteiger partial charge is 0.477 e. The predicted molar refractivity (Wildman–Crippen MR) is 110 cm³/mol. The van der Waals surface area contributed by atoms with Crippen LogP contribution in [0.3, 0.4) is 0 Å². The maximum Gasteiger partial charge on any atom is 0.354 e. The first-order chi connectivity index (χ1) is 13.8. The van der Waals surface area contributed by atoms with E-state index in [1.54, 1.807) is 23.7 Å². The summed E-state index contributed by atoms with van der Waals surface area (Å²) in [5.74, 6) is -1.34. The van der Waals surface area contributed by atoms with Gasteiger partial charge in [0.2, 0.25) is 5.91 Å². The highest BCUT2D eigenvalue weighted by atomic mass is 35.5. The minimum absolute atomic E-state index is 0.0397. The molecule has 0 atom stereocenters. The number of anilines is 1. The second-order valence-corrected chi connectivity index (χ2v) is 7.33. The molecule has 0 saturated heterocycles. The summed E-state index contributed by atoms with van der Waals surface area (Å²) in [7, 11) is 0. The van der Waals surface area contributed by atoms with Crippen LogP contribution in [0.25, 0.3) is 0 Å². The summed E-state index contributed by atoms with van der Waals surface area (Å²) in [5, 5.41) is 21.5. The third-order valence-corrected chi connectivity index (χ3v) is 5.05. The molecule has 2 heterocycles. The minimum Gasteiger partial charge on any atom is -0.477 e. The van der Waals surface area contributed by atoms with Gasteiger partial charge in [-0.15, -0.1) is 0 Å². The number of amides is 1. The number of hydrogen-bond donors (Lipinski definition) is 2. The zero-order chi connectivity index (χ0) is 21.1. The predicted octanol–water partition coefficient (Wildman–Crippen LogP) is 3.78. The van der Waals surface area contributed by atoms with Crippen molar-refractivity contribution in [2.75, 3.05) is 5.32 Å². The number of nitrogens with zero attached hydrogens (tertiary/aromatic N) is 4. The Bertz CT molecular complexity index is 1070. The summed E-state index contributed by atoms with van der Waals surface area (Å²) >= 11 is 12.2. The Labute approximate surface area is 177 Å². The number of carboxylic acid groups (broad SMARTS) is 1. The van der Waals surface area contributed by atoms with Crippen LogP contribution in [0.2, 0.25) is 10.0 Å². The van der Waals surface area contributed by atoms with Crippen LogP contribution in [-0.2, 0) is 17.9 Å². The lowest BCUT2D eigenvalue weighted by Crippen LogP contribution is -2.18. The lowest BCUT2D eigenvalue weighted by Gasteiger charge is -2.09. The van der Waals surface area contributed by atoms with Crippen LogP contribution < -0.4 is 5.32 Å². The molecule has 0 bridgehead atoms. The summed E-state index contributed by atoms with van der Waals surface area (Å²) in [6.07, 6.45) is 1.47. The van der Waals surface area contributed by atoms with E-state index in [2.05, 4.69) is 15.5 Å². The Balaban J connectivity index is 1.69.